The highest BCUT2D eigenvalue weighted by Gasteiger charge is 2.40. The van der Waals surface area contributed by atoms with Gasteiger partial charge in [0.1, 0.15) is 9.84 Å². The van der Waals surface area contributed by atoms with E-state index in [0.717, 1.165) is 25.5 Å². The van der Waals surface area contributed by atoms with E-state index >= 15 is 0 Å². The Labute approximate surface area is 132 Å². The fourth-order valence-corrected chi connectivity index (χ4v) is 6.01. The second-order valence-corrected chi connectivity index (χ2v) is 10.4. The first-order valence-electron chi connectivity index (χ1n) is 6.99. The number of hydrogen-bond acceptors (Lipinski definition) is 5. The van der Waals surface area contributed by atoms with E-state index in [9.17, 15) is 16.8 Å². The summed E-state index contributed by atoms with van der Waals surface area (Å²) in [7, 11) is -7.07. The van der Waals surface area contributed by atoms with Gasteiger partial charge in [-0.3, -0.25) is 0 Å². The molecule has 0 saturated heterocycles. The van der Waals surface area contributed by atoms with Gasteiger partial charge >= 0.3 is 0 Å². The molecule has 0 aliphatic heterocycles. The van der Waals surface area contributed by atoms with Crippen molar-refractivity contribution in [3.05, 3.63) is 0 Å². The van der Waals surface area contributed by atoms with E-state index in [1.54, 1.807) is 0 Å². The zero-order valence-corrected chi connectivity index (χ0v) is 14.9. The van der Waals surface area contributed by atoms with Gasteiger partial charge in [0.25, 0.3) is 0 Å². The summed E-state index contributed by atoms with van der Waals surface area (Å²) in [5.41, 5.74) is 4.86. The van der Waals surface area contributed by atoms with Crippen LogP contribution in [0.4, 0.5) is 0 Å². The Hall–Kier alpha value is -0.250. The molecular weight excluding hydrogens is 332 g/mol. The quantitative estimate of drug-likeness (QED) is 0.646. The van der Waals surface area contributed by atoms with Crippen LogP contribution in [0.25, 0.3) is 0 Å². The fraction of sp³-hybridized carbons (Fsp3) is 0.917. The molecule has 0 aromatic carbocycles. The molecule has 0 bridgehead atoms. The Kier molecular flexibility index (Phi) is 6.17. The van der Waals surface area contributed by atoms with Crippen molar-refractivity contribution in [3.63, 3.8) is 0 Å². The Morgan fingerprint density at radius 2 is 1.76 bits per heavy atom. The van der Waals surface area contributed by atoms with Crippen LogP contribution in [0.3, 0.4) is 0 Å². The molecule has 9 heteroatoms. The predicted octanol–water partition coefficient (Wildman–Crippen LogP) is 0.576. The van der Waals surface area contributed by atoms with Gasteiger partial charge in [0.2, 0.25) is 10.0 Å². The van der Waals surface area contributed by atoms with E-state index < -0.39 is 36.9 Å². The van der Waals surface area contributed by atoms with Crippen molar-refractivity contribution in [3.8, 4) is 0 Å². The maximum absolute atomic E-state index is 12.1. The molecule has 1 aliphatic rings. The molecule has 1 aliphatic carbocycles. The topological polar surface area (TPSA) is 106 Å². The van der Waals surface area contributed by atoms with Gasteiger partial charge < -0.3 is 5.73 Å². The molecule has 0 spiro atoms. The third-order valence-corrected chi connectivity index (χ3v) is 7.12. The summed E-state index contributed by atoms with van der Waals surface area (Å²) in [5.74, 6) is -0.311. The van der Waals surface area contributed by atoms with Crippen molar-refractivity contribution in [1.29, 1.82) is 0 Å². The molecule has 1 rings (SSSR count). The van der Waals surface area contributed by atoms with Crippen LogP contribution in [0.5, 0.6) is 0 Å². The normalized spacial score (nSPS) is 27.4. The zero-order chi connectivity index (χ0) is 16.3. The first-order chi connectivity index (χ1) is 9.50. The first kappa shape index (κ1) is 18.8. The maximum Gasteiger partial charge on any atom is 0.213 e. The standard InChI is InChI=1S/C12H24N2O4S3/c1-3-10-4-6-12(7-5-10,11(13)19)14-21(17,18)9-8-20(2,15)16/h10,14H,3-9H2,1-2H3,(H2,13,19). The molecular formula is C12H24N2O4S3. The number of hydrogen-bond donors (Lipinski definition) is 2. The van der Waals surface area contributed by atoms with Gasteiger partial charge in [-0.25, -0.2) is 21.6 Å². The lowest BCUT2D eigenvalue weighted by molar-refractivity contribution is 0.269. The maximum atomic E-state index is 12.1. The minimum Gasteiger partial charge on any atom is -0.392 e. The minimum atomic E-state index is -3.74. The van der Waals surface area contributed by atoms with Crippen LogP contribution in [0.1, 0.15) is 39.0 Å². The van der Waals surface area contributed by atoms with Gasteiger partial charge in [0, 0.05) is 6.26 Å². The SMILES string of the molecule is CCC1CCC(NS(=O)(=O)CCS(C)(=O)=O)(C(N)=S)CC1. The molecule has 0 atom stereocenters. The van der Waals surface area contributed by atoms with Crippen molar-refractivity contribution < 1.29 is 16.8 Å². The molecule has 0 amide bonds. The van der Waals surface area contributed by atoms with Crippen LogP contribution in [0, 0.1) is 5.92 Å². The van der Waals surface area contributed by atoms with E-state index in [0.29, 0.717) is 18.8 Å². The number of sulfonamides is 1. The summed E-state index contributed by atoms with van der Waals surface area (Å²) in [6.45, 7) is 2.11. The highest BCUT2D eigenvalue weighted by atomic mass is 32.2. The highest BCUT2D eigenvalue weighted by Crippen LogP contribution is 2.34. The van der Waals surface area contributed by atoms with Gasteiger partial charge in [0.15, 0.2) is 0 Å². The van der Waals surface area contributed by atoms with Crippen LogP contribution >= 0.6 is 12.2 Å². The molecule has 124 valence electrons. The Morgan fingerprint density at radius 1 is 1.24 bits per heavy atom. The molecule has 3 N–H and O–H groups in total. The van der Waals surface area contributed by atoms with Crippen molar-refractivity contribution in [2.45, 2.75) is 44.6 Å². The summed E-state index contributed by atoms with van der Waals surface area (Å²) < 4.78 is 49.0. The number of thiocarbonyl (C=S) groups is 1. The second kappa shape index (κ2) is 6.89. The zero-order valence-electron chi connectivity index (χ0n) is 12.5. The van der Waals surface area contributed by atoms with Gasteiger partial charge in [-0.05, 0) is 31.6 Å². The Bertz CT molecular complexity index is 576. The molecule has 0 unspecified atom stereocenters. The summed E-state index contributed by atoms with van der Waals surface area (Å²) in [4.78, 5) is 0.139. The molecule has 0 radical (unpaired) electrons. The van der Waals surface area contributed by atoms with Crippen LogP contribution in [0.15, 0.2) is 0 Å². The number of sulfone groups is 1. The van der Waals surface area contributed by atoms with Crippen molar-refractivity contribution in [2.24, 2.45) is 11.7 Å². The number of nitrogens with one attached hydrogen (secondary N) is 1. The average molecular weight is 357 g/mol. The lowest BCUT2D eigenvalue weighted by atomic mass is 9.76. The van der Waals surface area contributed by atoms with Gasteiger partial charge in [-0.15, -0.1) is 0 Å². The van der Waals surface area contributed by atoms with E-state index in [1.165, 1.54) is 0 Å². The molecule has 0 heterocycles. The van der Waals surface area contributed by atoms with Crippen molar-refractivity contribution in [1.82, 2.24) is 4.72 Å². The third-order valence-electron chi connectivity index (χ3n) is 4.08. The van der Waals surface area contributed by atoms with Crippen LogP contribution < -0.4 is 10.5 Å². The van der Waals surface area contributed by atoms with Gasteiger partial charge in [0.05, 0.1) is 22.0 Å². The Balaban J connectivity index is 2.82. The van der Waals surface area contributed by atoms with E-state index in [2.05, 4.69) is 11.6 Å². The lowest BCUT2D eigenvalue weighted by Crippen LogP contribution is -2.58. The lowest BCUT2D eigenvalue weighted by Gasteiger charge is -2.39. The summed E-state index contributed by atoms with van der Waals surface area (Å²) in [6.07, 6.45) is 4.93. The molecule has 1 saturated carbocycles. The largest absolute Gasteiger partial charge is 0.392 e. The van der Waals surface area contributed by atoms with E-state index in [1.807, 2.05) is 0 Å². The molecule has 6 nitrogen and oxygen atoms in total. The molecule has 0 aromatic rings. The summed E-state index contributed by atoms with van der Waals surface area (Å²) >= 11 is 5.06. The Morgan fingerprint density at radius 3 is 2.14 bits per heavy atom. The molecule has 1 fully saturated rings. The predicted molar refractivity (Wildman–Crippen MR) is 88.4 cm³/mol. The average Bonchev–Trinajstić information content (AvgIpc) is 2.36. The van der Waals surface area contributed by atoms with Gasteiger partial charge in [-0.2, -0.15) is 0 Å². The van der Waals surface area contributed by atoms with Gasteiger partial charge in [-0.1, -0.05) is 25.6 Å². The first-order valence-corrected chi connectivity index (χ1v) is 11.1. The summed E-state index contributed by atoms with van der Waals surface area (Å²) in [5, 5.41) is 0. The third kappa shape index (κ3) is 5.80. The summed E-state index contributed by atoms with van der Waals surface area (Å²) in [6, 6.07) is 0. The van der Waals surface area contributed by atoms with Crippen molar-refractivity contribution in [2.75, 3.05) is 17.8 Å². The van der Waals surface area contributed by atoms with Crippen LogP contribution in [-0.2, 0) is 19.9 Å². The highest BCUT2D eigenvalue weighted by molar-refractivity contribution is 7.93. The number of nitrogens with two attached hydrogens (primary N) is 1. The van der Waals surface area contributed by atoms with Crippen LogP contribution in [-0.4, -0.2) is 45.1 Å². The van der Waals surface area contributed by atoms with E-state index in [4.69, 9.17) is 18.0 Å². The fourth-order valence-electron chi connectivity index (χ4n) is 2.59. The van der Waals surface area contributed by atoms with E-state index in [-0.39, 0.29) is 4.99 Å². The van der Waals surface area contributed by atoms with Crippen molar-refractivity contribution >= 4 is 37.1 Å². The molecule has 0 aromatic heterocycles. The minimum absolute atomic E-state index is 0.139. The molecule has 21 heavy (non-hydrogen) atoms. The smallest absolute Gasteiger partial charge is 0.213 e. The van der Waals surface area contributed by atoms with Crippen LogP contribution in [0.2, 0.25) is 0 Å². The monoisotopic (exact) mass is 356 g/mol. The second-order valence-electron chi connectivity index (χ2n) is 5.85. The number of rotatable bonds is 7.